The molecule has 1 unspecified atom stereocenters. The van der Waals surface area contributed by atoms with Crippen LogP contribution >= 0.6 is 0 Å². The van der Waals surface area contributed by atoms with Crippen molar-refractivity contribution >= 4 is 29.8 Å². The van der Waals surface area contributed by atoms with Crippen molar-refractivity contribution in [3.63, 3.8) is 0 Å². The Bertz CT molecular complexity index is 545. The largest absolute Gasteiger partial charge is 0.479 e. The lowest BCUT2D eigenvalue weighted by Crippen LogP contribution is -2.49. The average Bonchev–Trinajstić information content (AvgIpc) is 2.39. The Labute approximate surface area is 144 Å². The highest BCUT2D eigenvalue weighted by Gasteiger charge is 2.43. The molecule has 0 aromatic heterocycles. The number of aliphatic carboxylic acids is 1. The van der Waals surface area contributed by atoms with Crippen molar-refractivity contribution in [1.82, 2.24) is 0 Å². The third-order valence-electron chi connectivity index (χ3n) is 2.37. The lowest BCUT2D eigenvalue weighted by atomic mass is 10.1. The van der Waals surface area contributed by atoms with Crippen molar-refractivity contribution in [3.8, 4) is 0 Å². The van der Waals surface area contributed by atoms with Crippen LogP contribution in [-0.4, -0.2) is 58.9 Å². The summed E-state index contributed by atoms with van der Waals surface area (Å²) in [6.45, 7) is 7.55. The van der Waals surface area contributed by atoms with Crippen molar-refractivity contribution in [3.05, 3.63) is 0 Å². The number of rotatable bonds is 7. The van der Waals surface area contributed by atoms with Crippen LogP contribution < -0.4 is 0 Å². The zero-order chi connectivity index (χ0) is 19.9. The monoisotopic (exact) mass is 362 g/mol. The number of carboxylic acids is 1. The SMILES string of the molecule is CC(=O)O[C@@H](C(=O)OC(C)C(=O)O)[C@@H](OC(C)=O)C(=O)OC(C)(C)C. The summed E-state index contributed by atoms with van der Waals surface area (Å²) in [5, 5.41) is 8.78. The quantitative estimate of drug-likeness (QED) is 0.493. The van der Waals surface area contributed by atoms with E-state index >= 15 is 0 Å². The molecule has 10 nitrogen and oxygen atoms in total. The first-order valence-electron chi connectivity index (χ1n) is 7.25. The highest BCUT2D eigenvalue weighted by molar-refractivity contribution is 5.90. The van der Waals surface area contributed by atoms with Crippen molar-refractivity contribution in [2.75, 3.05) is 0 Å². The van der Waals surface area contributed by atoms with Gasteiger partial charge in [0.05, 0.1) is 0 Å². The molecule has 0 rings (SSSR count). The third kappa shape index (κ3) is 8.68. The van der Waals surface area contributed by atoms with Crippen LogP contribution in [0, 0.1) is 0 Å². The second-order valence-corrected chi connectivity index (χ2v) is 6.01. The molecule has 1 N–H and O–H groups in total. The Balaban J connectivity index is 5.64. The van der Waals surface area contributed by atoms with E-state index in [1.54, 1.807) is 0 Å². The molecule has 0 saturated heterocycles. The van der Waals surface area contributed by atoms with Gasteiger partial charge in [0.1, 0.15) is 5.60 Å². The number of carbonyl (C=O) groups excluding carboxylic acids is 4. The number of hydrogen-bond donors (Lipinski definition) is 1. The molecule has 0 aliphatic carbocycles. The topological polar surface area (TPSA) is 142 Å². The maximum atomic E-state index is 12.2. The number of ether oxygens (including phenoxy) is 4. The third-order valence-corrected chi connectivity index (χ3v) is 2.37. The Morgan fingerprint density at radius 1 is 0.800 bits per heavy atom. The van der Waals surface area contributed by atoms with Gasteiger partial charge in [-0.1, -0.05) is 0 Å². The van der Waals surface area contributed by atoms with Gasteiger partial charge in [-0.3, -0.25) is 9.59 Å². The summed E-state index contributed by atoms with van der Waals surface area (Å²) in [6, 6.07) is 0. The van der Waals surface area contributed by atoms with E-state index in [2.05, 4.69) is 4.74 Å². The molecule has 0 amide bonds. The zero-order valence-corrected chi connectivity index (χ0v) is 14.9. The molecule has 0 bridgehead atoms. The molecule has 0 radical (unpaired) electrons. The van der Waals surface area contributed by atoms with Gasteiger partial charge < -0.3 is 24.1 Å². The van der Waals surface area contributed by atoms with E-state index < -0.39 is 53.8 Å². The Morgan fingerprint density at radius 3 is 1.52 bits per heavy atom. The van der Waals surface area contributed by atoms with E-state index in [-0.39, 0.29) is 0 Å². The van der Waals surface area contributed by atoms with Crippen molar-refractivity contribution < 1.29 is 48.0 Å². The van der Waals surface area contributed by atoms with Crippen LogP contribution in [0.15, 0.2) is 0 Å². The lowest BCUT2D eigenvalue weighted by Gasteiger charge is -2.27. The predicted octanol–water partition coefficient (Wildman–Crippen LogP) is 0.208. The van der Waals surface area contributed by atoms with Crippen molar-refractivity contribution in [2.24, 2.45) is 0 Å². The standard InChI is InChI=1S/C15H22O10/c1-7(12(18)19)22-13(20)10(23-8(2)16)11(24-9(3)17)14(21)25-15(4,5)6/h7,10-11H,1-6H3,(H,18,19)/t7?,10-,11-/m1/s1. The number of esters is 4. The zero-order valence-electron chi connectivity index (χ0n) is 14.9. The van der Waals surface area contributed by atoms with E-state index in [1.807, 2.05) is 0 Å². The minimum Gasteiger partial charge on any atom is -0.479 e. The molecule has 0 aromatic carbocycles. The maximum absolute atomic E-state index is 12.2. The van der Waals surface area contributed by atoms with Crippen LogP contribution in [0.1, 0.15) is 41.5 Å². The molecule has 0 spiro atoms. The summed E-state index contributed by atoms with van der Waals surface area (Å²) in [7, 11) is 0. The van der Waals surface area contributed by atoms with Gasteiger partial charge in [0.25, 0.3) is 0 Å². The summed E-state index contributed by atoms with van der Waals surface area (Å²) < 4.78 is 19.1. The van der Waals surface area contributed by atoms with E-state index in [4.69, 9.17) is 19.3 Å². The molecular weight excluding hydrogens is 340 g/mol. The Hall–Kier alpha value is -2.65. The molecule has 0 saturated carbocycles. The Morgan fingerprint density at radius 2 is 1.20 bits per heavy atom. The number of carbonyl (C=O) groups is 5. The second kappa shape index (κ2) is 9.00. The second-order valence-electron chi connectivity index (χ2n) is 6.01. The fourth-order valence-electron chi connectivity index (χ4n) is 1.48. The van der Waals surface area contributed by atoms with Crippen LogP contribution in [0.4, 0.5) is 0 Å². The molecule has 10 heteroatoms. The molecule has 0 heterocycles. The van der Waals surface area contributed by atoms with Gasteiger partial charge in [0.15, 0.2) is 6.10 Å². The molecule has 25 heavy (non-hydrogen) atoms. The van der Waals surface area contributed by atoms with Gasteiger partial charge in [-0.2, -0.15) is 0 Å². The molecule has 0 aromatic rings. The van der Waals surface area contributed by atoms with Gasteiger partial charge >= 0.3 is 29.8 Å². The van der Waals surface area contributed by atoms with Gasteiger partial charge in [0.2, 0.25) is 12.2 Å². The van der Waals surface area contributed by atoms with E-state index in [1.165, 1.54) is 20.8 Å². The fourth-order valence-corrected chi connectivity index (χ4v) is 1.48. The summed E-state index contributed by atoms with van der Waals surface area (Å²) in [5.74, 6) is -5.93. The summed E-state index contributed by atoms with van der Waals surface area (Å²) in [5.41, 5.74) is -0.992. The summed E-state index contributed by atoms with van der Waals surface area (Å²) in [4.78, 5) is 57.6. The molecule has 142 valence electrons. The molecule has 3 atom stereocenters. The van der Waals surface area contributed by atoms with E-state index in [9.17, 15) is 24.0 Å². The van der Waals surface area contributed by atoms with Gasteiger partial charge in [-0.25, -0.2) is 14.4 Å². The normalized spacial score (nSPS) is 14.5. The maximum Gasteiger partial charge on any atom is 0.352 e. The van der Waals surface area contributed by atoms with E-state index in [0.717, 1.165) is 20.8 Å². The molecule has 0 fully saturated rings. The van der Waals surface area contributed by atoms with Gasteiger partial charge in [-0.05, 0) is 27.7 Å². The van der Waals surface area contributed by atoms with Crippen LogP contribution in [0.5, 0.6) is 0 Å². The van der Waals surface area contributed by atoms with Crippen LogP contribution in [0.3, 0.4) is 0 Å². The molecular formula is C15H22O10. The number of carboxylic acid groups (broad SMARTS) is 1. The minimum atomic E-state index is -2.02. The number of hydrogen-bond acceptors (Lipinski definition) is 9. The smallest absolute Gasteiger partial charge is 0.352 e. The fraction of sp³-hybridized carbons (Fsp3) is 0.667. The van der Waals surface area contributed by atoms with Crippen LogP contribution in [-0.2, 0) is 42.9 Å². The highest BCUT2D eigenvalue weighted by Crippen LogP contribution is 2.16. The average molecular weight is 362 g/mol. The first-order chi connectivity index (χ1) is 11.2. The first kappa shape index (κ1) is 22.4. The highest BCUT2D eigenvalue weighted by atomic mass is 16.6. The first-order valence-corrected chi connectivity index (χ1v) is 7.25. The lowest BCUT2D eigenvalue weighted by molar-refractivity contribution is -0.197. The molecule has 0 aliphatic heterocycles. The summed E-state index contributed by atoms with van der Waals surface area (Å²) >= 11 is 0. The Kier molecular flexibility index (Phi) is 8.04. The van der Waals surface area contributed by atoms with E-state index in [0.29, 0.717) is 0 Å². The predicted molar refractivity (Wildman–Crippen MR) is 80.1 cm³/mol. The molecule has 0 aliphatic rings. The van der Waals surface area contributed by atoms with Crippen LogP contribution in [0.2, 0.25) is 0 Å². The van der Waals surface area contributed by atoms with Gasteiger partial charge in [-0.15, -0.1) is 0 Å². The van der Waals surface area contributed by atoms with Crippen molar-refractivity contribution in [2.45, 2.75) is 65.5 Å². The van der Waals surface area contributed by atoms with Gasteiger partial charge in [0, 0.05) is 13.8 Å². The van der Waals surface area contributed by atoms with Crippen molar-refractivity contribution in [1.29, 1.82) is 0 Å². The van der Waals surface area contributed by atoms with Crippen LogP contribution in [0.25, 0.3) is 0 Å². The summed E-state index contributed by atoms with van der Waals surface area (Å²) in [6.07, 6.45) is -5.55. The minimum absolute atomic E-state index is 0.945.